The minimum absolute atomic E-state index is 0.0265. The third-order valence-electron chi connectivity index (χ3n) is 4.13. The van der Waals surface area contributed by atoms with Crippen molar-refractivity contribution in [1.82, 2.24) is 10.5 Å². The van der Waals surface area contributed by atoms with Crippen LogP contribution in [0.4, 0.5) is 13.2 Å². The SMILES string of the molecule is CCCCNC(=O)CCCOc1ccc2c(C(F)(F)F)noc2c1CCC. The van der Waals surface area contributed by atoms with E-state index in [0.29, 0.717) is 43.7 Å². The Bertz CT molecular complexity index is 756. The highest BCUT2D eigenvalue weighted by Gasteiger charge is 2.37. The van der Waals surface area contributed by atoms with Crippen molar-refractivity contribution in [2.45, 2.75) is 58.5 Å². The summed E-state index contributed by atoms with van der Waals surface area (Å²) in [5, 5.41) is 5.97. The van der Waals surface area contributed by atoms with Crippen LogP contribution in [0.15, 0.2) is 16.7 Å². The van der Waals surface area contributed by atoms with Crippen molar-refractivity contribution in [2.24, 2.45) is 0 Å². The molecule has 2 rings (SSSR count). The van der Waals surface area contributed by atoms with E-state index in [0.717, 1.165) is 19.3 Å². The zero-order valence-corrected chi connectivity index (χ0v) is 15.6. The first-order valence-electron chi connectivity index (χ1n) is 9.26. The van der Waals surface area contributed by atoms with Gasteiger partial charge in [0, 0.05) is 18.5 Å². The van der Waals surface area contributed by atoms with E-state index in [-0.39, 0.29) is 16.9 Å². The number of unbranched alkanes of at least 4 members (excludes halogenated alkanes) is 1. The van der Waals surface area contributed by atoms with E-state index in [2.05, 4.69) is 17.4 Å². The van der Waals surface area contributed by atoms with Gasteiger partial charge in [-0.25, -0.2) is 0 Å². The molecule has 1 N–H and O–H groups in total. The minimum atomic E-state index is -4.57. The zero-order chi connectivity index (χ0) is 19.9. The van der Waals surface area contributed by atoms with Crippen LogP contribution in [-0.2, 0) is 17.4 Å². The Morgan fingerprint density at radius 2 is 2.00 bits per heavy atom. The van der Waals surface area contributed by atoms with Crippen molar-refractivity contribution in [3.05, 3.63) is 23.4 Å². The van der Waals surface area contributed by atoms with E-state index in [4.69, 9.17) is 9.26 Å². The molecule has 0 bridgehead atoms. The van der Waals surface area contributed by atoms with Crippen LogP contribution in [0, 0.1) is 0 Å². The zero-order valence-electron chi connectivity index (χ0n) is 15.6. The highest BCUT2D eigenvalue weighted by Crippen LogP contribution is 2.38. The van der Waals surface area contributed by atoms with Gasteiger partial charge in [-0.2, -0.15) is 13.2 Å². The standard InChI is InChI=1S/C19H25F3N2O3/c1-3-5-11-23-16(25)8-6-12-26-15-10-9-14-17(13(15)7-4-2)27-24-18(14)19(20,21)22/h9-10H,3-8,11-12H2,1-2H3,(H,23,25). The molecule has 0 aliphatic rings. The van der Waals surface area contributed by atoms with Gasteiger partial charge in [-0.15, -0.1) is 0 Å². The van der Waals surface area contributed by atoms with Crippen molar-refractivity contribution >= 4 is 16.9 Å². The van der Waals surface area contributed by atoms with Gasteiger partial charge in [-0.3, -0.25) is 4.79 Å². The number of nitrogens with zero attached hydrogens (tertiary/aromatic N) is 1. The highest BCUT2D eigenvalue weighted by molar-refractivity contribution is 5.85. The molecule has 5 nitrogen and oxygen atoms in total. The van der Waals surface area contributed by atoms with Crippen LogP contribution in [0.3, 0.4) is 0 Å². The summed E-state index contributed by atoms with van der Waals surface area (Å²) in [4.78, 5) is 11.7. The molecule has 0 aliphatic heterocycles. The molecule has 8 heteroatoms. The topological polar surface area (TPSA) is 64.4 Å². The molecule has 2 aromatic rings. The second-order valence-electron chi connectivity index (χ2n) is 6.35. The van der Waals surface area contributed by atoms with Gasteiger partial charge >= 0.3 is 6.18 Å². The number of aromatic nitrogens is 1. The summed E-state index contributed by atoms with van der Waals surface area (Å²) in [6.45, 7) is 4.94. The fourth-order valence-corrected chi connectivity index (χ4v) is 2.78. The van der Waals surface area contributed by atoms with Crippen LogP contribution in [0.2, 0.25) is 0 Å². The molecule has 150 valence electrons. The quantitative estimate of drug-likeness (QED) is 0.592. The van der Waals surface area contributed by atoms with Crippen LogP contribution in [-0.4, -0.2) is 24.2 Å². The Labute approximate surface area is 156 Å². The molecule has 1 amide bonds. The number of hydrogen-bond acceptors (Lipinski definition) is 4. The lowest BCUT2D eigenvalue weighted by molar-refractivity contribution is -0.141. The van der Waals surface area contributed by atoms with Crippen molar-refractivity contribution in [2.75, 3.05) is 13.2 Å². The fraction of sp³-hybridized carbons (Fsp3) is 0.579. The first-order valence-corrected chi connectivity index (χ1v) is 9.26. The van der Waals surface area contributed by atoms with E-state index in [1.807, 2.05) is 6.92 Å². The number of aryl methyl sites for hydroxylation is 1. The summed E-state index contributed by atoms with van der Waals surface area (Å²) in [5.41, 5.74) is -0.338. The van der Waals surface area contributed by atoms with E-state index >= 15 is 0 Å². The molecular formula is C19H25F3N2O3. The van der Waals surface area contributed by atoms with Gasteiger partial charge in [0.15, 0.2) is 11.3 Å². The average molecular weight is 386 g/mol. The minimum Gasteiger partial charge on any atom is -0.493 e. The maximum atomic E-state index is 13.0. The molecule has 0 radical (unpaired) electrons. The third kappa shape index (κ3) is 5.61. The lowest BCUT2D eigenvalue weighted by atomic mass is 10.0. The summed E-state index contributed by atoms with van der Waals surface area (Å²) in [5.74, 6) is 0.446. The number of rotatable bonds is 10. The van der Waals surface area contributed by atoms with Crippen molar-refractivity contribution < 1.29 is 27.2 Å². The predicted octanol–water partition coefficient (Wildman–Crippen LogP) is 4.87. The maximum Gasteiger partial charge on any atom is 0.437 e. The number of fused-ring (bicyclic) bond motifs is 1. The Morgan fingerprint density at radius 3 is 2.67 bits per heavy atom. The third-order valence-corrected chi connectivity index (χ3v) is 4.13. The van der Waals surface area contributed by atoms with Crippen LogP contribution in [0.25, 0.3) is 11.0 Å². The molecule has 0 fully saturated rings. The molecule has 27 heavy (non-hydrogen) atoms. The first-order chi connectivity index (χ1) is 12.9. The largest absolute Gasteiger partial charge is 0.493 e. The summed E-state index contributed by atoms with van der Waals surface area (Å²) in [7, 11) is 0. The number of alkyl halides is 3. The lowest BCUT2D eigenvalue weighted by Gasteiger charge is -2.11. The normalized spacial score (nSPS) is 11.7. The Hall–Kier alpha value is -2.25. The van der Waals surface area contributed by atoms with E-state index in [1.165, 1.54) is 12.1 Å². The van der Waals surface area contributed by atoms with Crippen molar-refractivity contribution in [3.8, 4) is 5.75 Å². The molecular weight excluding hydrogens is 361 g/mol. The van der Waals surface area contributed by atoms with E-state index < -0.39 is 11.9 Å². The van der Waals surface area contributed by atoms with Gasteiger partial charge in [0.25, 0.3) is 0 Å². The van der Waals surface area contributed by atoms with Crippen molar-refractivity contribution in [3.63, 3.8) is 0 Å². The molecule has 0 saturated heterocycles. The Morgan fingerprint density at radius 1 is 1.22 bits per heavy atom. The van der Waals surface area contributed by atoms with Crippen molar-refractivity contribution in [1.29, 1.82) is 0 Å². The second-order valence-corrected chi connectivity index (χ2v) is 6.35. The number of carbonyl (C=O) groups is 1. The molecule has 1 heterocycles. The number of benzene rings is 1. The van der Waals surface area contributed by atoms with Gasteiger partial charge in [0.05, 0.1) is 12.0 Å². The second kappa shape index (κ2) is 9.62. The number of hydrogen-bond donors (Lipinski definition) is 1. The number of amides is 1. The van der Waals surface area contributed by atoms with Crippen LogP contribution in [0.5, 0.6) is 5.75 Å². The number of carbonyl (C=O) groups excluding carboxylic acids is 1. The number of nitrogens with one attached hydrogen (secondary N) is 1. The number of ether oxygens (including phenoxy) is 1. The highest BCUT2D eigenvalue weighted by atomic mass is 19.4. The molecule has 0 saturated carbocycles. The van der Waals surface area contributed by atoms with Gasteiger partial charge in [-0.1, -0.05) is 31.8 Å². The molecule has 0 aliphatic carbocycles. The monoisotopic (exact) mass is 386 g/mol. The Kier molecular flexibility index (Phi) is 7.50. The lowest BCUT2D eigenvalue weighted by Crippen LogP contribution is -2.24. The van der Waals surface area contributed by atoms with Gasteiger partial charge in [-0.05, 0) is 31.4 Å². The number of halogens is 3. The summed E-state index contributed by atoms with van der Waals surface area (Å²) in [6, 6.07) is 2.84. The fourth-order valence-electron chi connectivity index (χ4n) is 2.78. The summed E-state index contributed by atoms with van der Waals surface area (Å²) in [6.07, 6.45) is -0.513. The molecule has 0 spiro atoms. The Balaban J connectivity index is 2.03. The van der Waals surface area contributed by atoms with Crippen LogP contribution >= 0.6 is 0 Å². The smallest absolute Gasteiger partial charge is 0.437 e. The van der Waals surface area contributed by atoms with E-state index in [9.17, 15) is 18.0 Å². The van der Waals surface area contributed by atoms with Gasteiger partial charge in [0.1, 0.15) is 5.75 Å². The molecule has 1 aromatic carbocycles. The molecule has 0 atom stereocenters. The first kappa shape index (κ1) is 21.1. The average Bonchev–Trinajstić information content (AvgIpc) is 3.05. The predicted molar refractivity (Wildman–Crippen MR) is 95.7 cm³/mol. The summed E-state index contributed by atoms with van der Waals surface area (Å²) >= 11 is 0. The van der Waals surface area contributed by atoms with Crippen LogP contribution < -0.4 is 10.1 Å². The van der Waals surface area contributed by atoms with Gasteiger partial charge in [0.2, 0.25) is 5.91 Å². The maximum absolute atomic E-state index is 13.0. The molecule has 0 unspecified atom stereocenters. The summed E-state index contributed by atoms with van der Waals surface area (Å²) < 4.78 is 49.7. The molecule has 1 aromatic heterocycles. The van der Waals surface area contributed by atoms with E-state index in [1.54, 1.807) is 0 Å². The van der Waals surface area contributed by atoms with Crippen LogP contribution in [0.1, 0.15) is 57.2 Å². The van der Waals surface area contributed by atoms with Gasteiger partial charge < -0.3 is 14.6 Å².